The quantitative estimate of drug-likeness (QED) is 0.734. The van der Waals surface area contributed by atoms with Crippen molar-refractivity contribution >= 4 is 17.7 Å². The number of hydrogen-bond donors (Lipinski definition) is 2. The summed E-state index contributed by atoms with van der Waals surface area (Å²) in [5, 5.41) is 14.6. The van der Waals surface area contributed by atoms with Crippen LogP contribution in [0, 0.1) is 17.8 Å². The SMILES string of the molecule is C=C(C1CCC(C2CCC3NCSC3C2)CC1)N1CCN(C(=O)C2(O)CC2)CC1. The number of amides is 1. The Morgan fingerprint density at radius 1 is 0.966 bits per heavy atom. The average molecular weight is 420 g/mol. The molecule has 5 fully saturated rings. The lowest BCUT2D eigenvalue weighted by molar-refractivity contribution is -0.144. The molecule has 2 aliphatic heterocycles. The summed E-state index contributed by atoms with van der Waals surface area (Å²) in [6, 6.07) is 0.790. The molecule has 2 N–H and O–H groups in total. The van der Waals surface area contributed by atoms with Gasteiger partial charge in [0.1, 0.15) is 5.60 Å². The molecule has 0 radical (unpaired) electrons. The second kappa shape index (κ2) is 8.08. The third-order valence-electron chi connectivity index (χ3n) is 8.48. The van der Waals surface area contributed by atoms with Crippen molar-refractivity contribution in [1.29, 1.82) is 0 Å². The highest BCUT2D eigenvalue weighted by Crippen LogP contribution is 2.45. The monoisotopic (exact) mass is 419 g/mol. The highest BCUT2D eigenvalue weighted by Gasteiger charge is 2.50. The van der Waals surface area contributed by atoms with Gasteiger partial charge in [-0.05, 0) is 75.5 Å². The number of carbonyl (C=O) groups is 1. The number of aliphatic hydroxyl groups is 1. The zero-order valence-electron chi connectivity index (χ0n) is 17.7. The van der Waals surface area contributed by atoms with Crippen LogP contribution in [0.5, 0.6) is 0 Å². The number of nitrogens with one attached hydrogen (secondary N) is 1. The molecular weight excluding hydrogens is 382 g/mol. The predicted octanol–water partition coefficient (Wildman–Crippen LogP) is 2.81. The van der Waals surface area contributed by atoms with E-state index in [-0.39, 0.29) is 5.91 Å². The fourth-order valence-corrected chi connectivity index (χ4v) is 7.65. The van der Waals surface area contributed by atoms with Crippen molar-refractivity contribution in [2.24, 2.45) is 17.8 Å². The largest absolute Gasteiger partial charge is 0.380 e. The molecule has 0 spiro atoms. The molecule has 1 amide bonds. The van der Waals surface area contributed by atoms with Crippen molar-refractivity contribution in [2.75, 3.05) is 32.1 Å². The van der Waals surface area contributed by atoms with Gasteiger partial charge in [0.2, 0.25) is 0 Å². The minimum absolute atomic E-state index is 0.0476. The molecule has 2 saturated heterocycles. The first-order chi connectivity index (χ1) is 14.0. The summed E-state index contributed by atoms with van der Waals surface area (Å²) in [5.74, 6) is 3.61. The van der Waals surface area contributed by atoms with Crippen molar-refractivity contribution in [3.8, 4) is 0 Å². The van der Waals surface area contributed by atoms with Crippen LogP contribution in [0.1, 0.15) is 57.8 Å². The van der Waals surface area contributed by atoms with Crippen LogP contribution in [0.4, 0.5) is 0 Å². The molecule has 3 unspecified atom stereocenters. The van der Waals surface area contributed by atoms with Crippen LogP contribution < -0.4 is 5.32 Å². The topological polar surface area (TPSA) is 55.8 Å². The normalized spacial score (nSPS) is 39.1. The number of thioether (sulfide) groups is 1. The fraction of sp³-hybridized carbons (Fsp3) is 0.870. The Morgan fingerprint density at radius 2 is 1.62 bits per heavy atom. The van der Waals surface area contributed by atoms with Gasteiger partial charge in [0.15, 0.2) is 0 Å². The van der Waals surface area contributed by atoms with Gasteiger partial charge in [-0.2, -0.15) is 0 Å². The molecule has 3 aliphatic carbocycles. The molecule has 162 valence electrons. The maximum atomic E-state index is 12.3. The van der Waals surface area contributed by atoms with Gasteiger partial charge >= 0.3 is 0 Å². The van der Waals surface area contributed by atoms with E-state index in [4.69, 9.17) is 0 Å². The molecule has 2 heterocycles. The van der Waals surface area contributed by atoms with Crippen molar-refractivity contribution in [3.05, 3.63) is 12.3 Å². The molecule has 5 nitrogen and oxygen atoms in total. The Labute approximate surface area is 179 Å². The van der Waals surface area contributed by atoms with E-state index in [0.29, 0.717) is 18.8 Å². The van der Waals surface area contributed by atoms with Gasteiger partial charge in [0.05, 0.1) is 0 Å². The Balaban J connectivity index is 1.07. The van der Waals surface area contributed by atoms with Gasteiger partial charge in [-0.1, -0.05) is 6.58 Å². The first-order valence-electron chi connectivity index (χ1n) is 11.8. The van der Waals surface area contributed by atoms with Crippen LogP contribution in [0.15, 0.2) is 12.3 Å². The molecule has 0 aromatic rings. The highest BCUT2D eigenvalue weighted by atomic mass is 32.2. The van der Waals surface area contributed by atoms with Gasteiger partial charge in [-0.25, -0.2) is 0 Å². The summed E-state index contributed by atoms with van der Waals surface area (Å²) < 4.78 is 0. The third-order valence-corrected chi connectivity index (χ3v) is 9.76. The maximum absolute atomic E-state index is 12.3. The molecule has 0 aromatic carbocycles. The summed E-state index contributed by atoms with van der Waals surface area (Å²) in [4.78, 5) is 16.6. The van der Waals surface area contributed by atoms with Crippen LogP contribution >= 0.6 is 11.8 Å². The van der Waals surface area contributed by atoms with Crippen molar-refractivity contribution in [2.45, 2.75) is 74.7 Å². The number of rotatable bonds is 4. The van der Waals surface area contributed by atoms with Crippen molar-refractivity contribution in [3.63, 3.8) is 0 Å². The van der Waals surface area contributed by atoms with E-state index in [0.717, 1.165) is 55.2 Å². The van der Waals surface area contributed by atoms with E-state index >= 15 is 0 Å². The zero-order valence-corrected chi connectivity index (χ0v) is 18.5. The molecule has 5 aliphatic rings. The van der Waals surface area contributed by atoms with Gasteiger partial charge in [-0.3, -0.25) is 4.79 Å². The van der Waals surface area contributed by atoms with E-state index in [1.807, 2.05) is 4.90 Å². The number of nitrogens with zero attached hydrogens (tertiary/aromatic N) is 2. The first-order valence-corrected chi connectivity index (χ1v) is 12.9. The van der Waals surface area contributed by atoms with E-state index in [1.54, 1.807) is 0 Å². The van der Waals surface area contributed by atoms with E-state index in [2.05, 4.69) is 28.6 Å². The number of allylic oxidation sites excluding steroid dienone is 1. The lowest BCUT2D eigenvalue weighted by Gasteiger charge is -2.43. The van der Waals surface area contributed by atoms with Gasteiger partial charge in [0.25, 0.3) is 5.91 Å². The summed E-state index contributed by atoms with van der Waals surface area (Å²) in [6.07, 6.45) is 10.8. The predicted molar refractivity (Wildman–Crippen MR) is 117 cm³/mol. The molecular formula is C23H37N3O2S. The Kier molecular flexibility index (Phi) is 5.63. The minimum Gasteiger partial charge on any atom is -0.380 e. The maximum Gasteiger partial charge on any atom is 0.254 e. The Morgan fingerprint density at radius 3 is 2.31 bits per heavy atom. The van der Waals surface area contributed by atoms with Crippen molar-refractivity contribution < 1.29 is 9.90 Å². The average Bonchev–Trinajstić information content (AvgIpc) is 3.34. The third kappa shape index (κ3) is 4.09. The lowest BCUT2D eigenvalue weighted by Crippen LogP contribution is -2.52. The summed E-state index contributed by atoms with van der Waals surface area (Å²) in [6.45, 7) is 7.67. The van der Waals surface area contributed by atoms with Crippen LogP contribution in [-0.4, -0.2) is 69.8 Å². The van der Waals surface area contributed by atoms with Gasteiger partial charge < -0.3 is 20.2 Å². The summed E-state index contributed by atoms with van der Waals surface area (Å²) in [7, 11) is 0. The zero-order chi connectivity index (χ0) is 20.0. The summed E-state index contributed by atoms with van der Waals surface area (Å²) >= 11 is 2.15. The molecule has 3 saturated carbocycles. The number of carbonyl (C=O) groups excluding carboxylic acids is 1. The van der Waals surface area contributed by atoms with Crippen molar-refractivity contribution in [1.82, 2.24) is 15.1 Å². The van der Waals surface area contributed by atoms with Crippen LogP contribution in [-0.2, 0) is 4.79 Å². The molecule has 29 heavy (non-hydrogen) atoms. The molecule has 5 rings (SSSR count). The van der Waals surface area contributed by atoms with Crippen LogP contribution in [0.2, 0.25) is 0 Å². The standard InChI is InChI=1S/C23H37N3O2S/c1-16(25-10-12-26(13-11-25)22(27)23(28)8-9-23)17-2-4-18(5-3-17)19-6-7-20-21(14-19)29-15-24-20/h17-21,24,28H,1-15H2. The second-order valence-corrected chi connectivity index (χ2v) is 11.4. The second-order valence-electron chi connectivity index (χ2n) is 10.1. The minimum atomic E-state index is -1.02. The molecule has 6 heteroatoms. The van der Waals surface area contributed by atoms with Crippen LogP contribution in [0.3, 0.4) is 0 Å². The van der Waals surface area contributed by atoms with E-state index in [1.165, 1.54) is 50.6 Å². The van der Waals surface area contributed by atoms with Gasteiger partial charge in [-0.15, -0.1) is 11.8 Å². The van der Waals surface area contributed by atoms with Gasteiger partial charge in [0, 0.05) is 49.0 Å². The molecule has 0 aromatic heterocycles. The van der Waals surface area contributed by atoms with Crippen LogP contribution in [0.25, 0.3) is 0 Å². The number of piperazine rings is 1. The Hall–Kier alpha value is -0.720. The molecule has 0 bridgehead atoms. The smallest absolute Gasteiger partial charge is 0.254 e. The van der Waals surface area contributed by atoms with E-state index in [9.17, 15) is 9.90 Å². The highest BCUT2D eigenvalue weighted by molar-refractivity contribution is 8.00. The first kappa shape index (κ1) is 20.2. The molecule has 3 atom stereocenters. The van der Waals surface area contributed by atoms with E-state index < -0.39 is 5.60 Å². The number of fused-ring (bicyclic) bond motifs is 1. The number of hydrogen-bond acceptors (Lipinski definition) is 5. The lowest BCUT2D eigenvalue weighted by atomic mass is 9.69. The Bertz CT molecular complexity index is 636. The fourth-order valence-electron chi connectivity index (χ4n) is 6.27. The summed E-state index contributed by atoms with van der Waals surface area (Å²) in [5.41, 5.74) is 0.281.